The molecule has 0 aromatic heterocycles. The van der Waals surface area contributed by atoms with Crippen LogP contribution in [-0.4, -0.2) is 55.4 Å². The highest BCUT2D eigenvalue weighted by Gasteiger charge is 2.26. The molecule has 1 saturated carbocycles. The highest BCUT2D eigenvalue weighted by atomic mass is 16.5. The van der Waals surface area contributed by atoms with E-state index < -0.39 is 12.0 Å². The van der Waals surface area contributed by atoms with E-state index in [0.717, 1.165) is 30.5 Å². The van der Waals surface area contributed by atoms with E-state index in [1.165, 1.54) is 7.11 Å². The van der Waals surface area contributed by atoms with E-state index in [1.807, 2.05) is 89.8 Å². The van der Waals surface area contributed by atoms with Crippen LogP contribution in [0.3, 0.4) is 0 Å². The Hall–Kier alpha value is -5.17. The topological polar surface area (TPSA) is 84.9 Å². The summed E-state index contributed by atoms with van der Waals surface area (Å²) in [7, 11) is 1.35. The van der Waals surface area contributed by atoms with Gasteiger partial charge in [0.25, 0.3) is 0 Å². The second kappa shape index (κ2) is 15.5. The summed E-state index contributed by atoms with van der Waals surface area (Å²) in [4.78, 5) is 40.8. The molecule has 4 aromatic rings. The summed E-state index contributed by atoms with van der Waals surface area (Å²) in [5, 5.41) is 3.24. The zero-order valence-electron chi connectivity index (χ0n) is 25.4. The number of nitrogens with zero attached hydrogens (tertiary/aromatic N) is 1. The zero-order valence-corrected chi connectivity index (χ0v) is 25.4. The van der Waals surface area contributed by atoms with Gasteiger partial charge in [0.05, 0.1) is 13.7 Å². The number of ketones is 1. The van der Waals surface area contributed by atoms with Gasteiger partial charge in [0.15, 0.2) is 5.78 Å². The molecule has 0 unspecified atom stereocenters. The second-order valence-electron chi connectivity index (χ2n) is 11.1. The predicted molar refractivity (Wildman–Crippen MR) is 176 cm³/mol. The van der Waals surface area contributed by atoms with Crippen LogP contribution < -0.4 is 10.1 Å². The molecule has 1 amide bonds. The molecule has 45 heavy (non-hydrogen) atoms. The summed E-state index contributed by atoms with van der Waals surface area (Å²) in [5.74, 6) is 0.669. The lowest BCUT2D eigenvalue weighted by atomic mass is 10.00. The number of esters is 1. The van der Waals surface area contributed by atoms with E-state index in [4.69, 9.17) is 9.47 Å². The summed E-state index contributed by atoms with van der Waals surface area (Å²) in [6, 6.07) is 32.8. The first-order chi connectivity index (χ1) is 22.0. The van der Waals surface area contributed by atoms with Crippen molar-refractivity contribution in [3.05, 3.63) is 138 Å². The quantitative estimate of drug-likeness (QED) is 0.0957. The fourth-order valence-corrected chi connectivity index (χ4v) is 5.05. The first kappa shape index (κ1) is 31.3. The summed E-state index contributed by atoms with van der Waals surface area (Å²) in [6.45, 7) is 1.60. The van der Waals surface area contributed by atoms with Gasteiger partial charge < -0.3 is 19.7 Å². The Morgan fingerprint density at radius 2 is 1.53 bits per heavy atom. The van der Waals surface area contributed by atoms with Gasteiger partial charge in [-0.05, 0) is 60.2 Å². The van der Waals surface area contributed by atoms with Crippen molar-refractivity contribution in [3.63, 3.8) is 0 Å². The van der Waals surface area contributed by atoms with E-state index >= 15 is 0 Å². The summed E-state index contributed by atoms with van der Waals surface area (Å²) in [6.07, 6.45) is 6.14. The third-order valence-electron chi connectivity index (χ3n) is 7.72. The monoisotopic (exact) mass is 602 g/mol. The first-order valence-electron chi connectivity index (χ1n) is 15.3. The summed E-state index contributed by atoms with van der Waals surface area (Å²) in [5.41, 5.74) is 3.49. The number of amides is 1. The normalized spacial score (nSPS) is 13.2. The van der Waals surface area contributed by atoms with Crippen molar-refractivity contribution in [2.45, 2.75) is 25.3 Å². The number of nitrogens with one attached hydrogen (secondary N) is 1. The summed E-state index contributed by atoms with van der Waals surface area (Å²) < 4.78 is 11.1. The van der Waals surface area contributed by atoms with E-state index in [9.17, 15) is 14.4 Å². The highest BCUT2D eigenvalue weighted by Crippen LogP contribution is 2.30. The minimum Gasteiger partial charge on any atom is -0.492 e. The third-order valence-corrected chi connectivity index (χ3v) is 7.72. The maximum absolute atomic E-state index is 13.2. The van der Waals surface area contributed by atoms with Crippen LogP contribution in [0, 0.1) is 5.92 Å². The molecule has 5 rings (SSSR count). The Balaban J connectivity index is 1.18. The molecular weight excluding hydrogens is 564 g/mol. The van der Waals surface area contributed by atoms with Gasteiger partial charge in [-0.15, -0.1) is 0 Å². The number of methoxy groups -OCH3 is 1. The van der Waals surface area contributed by atoms with Crippen LogP contribution in [0.2, 0.25) is 0 Å². The number of hydrogen-bond donors (Lipinski definition) is 1. The molecule has 1 aliphatic carbocycles. The lowest BCUT2D eigenvalue weighted by Crippen LogP contribution is -2.35. The van der Waals surface area contributed by atoms with Gasteiger partial charge in [-0.25, -0.2) is 4.79 Å². The molecule has 7 nitrogen and oxygen atoms in total. The van der Waals surface area contributed by atoms with Gasteiger partial charge in [-0.2, -0.15) is 0 Å². The number of ether oxygens (including phenoxy) is 2. The van der Waals surface area contributed by atoms with E-state index in [0.29, 0.717) is 48.1 Å². The smallest absolute Gasteiger partial charge is 0.328 e. The number of carbonyl (C=O) groups is 3. The maximum Gasteiger partial charge on any atom is 0.328 e. The minimum atomic E-state index is -0.711. The lowest BCUT2D eigenvalue weighted by Gasteiger charge is -2.21. The number of benzene rings is 4. The molecule has 0 spiro atoms. The van der Waals surface area contributed by atoms with Crippen molar-refractivity contribution in [2.75, 3.05) is 32.1 Å². The Morgan fingerprint density at radius 3 is 2.22 bits per heavy atom. The van der Waals surface area contributed by atoms with Crippen molar-refractivity contribution >= 4 is 29.4 Å². The number of anilines is 1. The van der Waals surface area contributed by atoms with Crippen LogP contribution in [0.4, 0.5) is 5.69 Å². The van der Waals surface area contributed by atoms with Crippen LogP contribution in [0.15, 0.2) is 115 Å². The molecule has 7 heteroatoms. The van der Waals surface area contributed by atoms with Gasteiger partial charge in [0.2, 0.25) is 5.91 Å². The molecule has 1 N–H and O–H groups in total. The van der Waals surface area contributed by atoms with Crippen molar-refractivity contribution < 1.29 is 23.9 Å². The number of hydrogen-bond acceptors (Lipinski definition) is 6. The van der Waals surface area contributed by atoms with Gasteiger partial charge in [0.1, 0.15) is 18.4 Å². The van der Waals surface area contributed by atoms with Crippen molar-refractivity contribution in [3.8, 4) is 5.75 Å². The van der Waals surface area contributed by atoms with Crippen molar-refractivity contribution in [2.24, 2.45) is 5.92 Å². The molecule has 0 heterocycles. The highest BCUT2D eigenvalue weighted by molar-refractivity contribution is 6.12. The predicted octanol–water partition coefficient (Wildman–Crippen LogP) is 6.44. The molecule has 4 aromatic carbocycles. The standard InChI is InChI=1S/C38H38N2O5/c1-44-38(43)35(39-34-15-9-8-14-33(34)37(42)31-12-6-3-7-13-31)26-29-18-21-32(22-19-29)45-25-24-40(27-30-16-17-30)36(41)23-20-28-10-4-2-5-11-28/h2-15,18-23,30,35,39H,16-17,24-27H2,1H3/b23-20+/t35-/m0/s1. The van der Waals surface area contributed by atoms with Gasteiger partial charge in [-0.3, -0.25) is 9.59 Å². The fourth-order valence-electron chi connectivity index (χ4n) is 5.05. The first-order valence-corrected chi connectivity index (χ1v) is 15.3. The zero-order chi connectivity index (χ0) is 31.4. The molecule has 0 saturated heterocycles. The van der Waals surface area contributed by atoms with Crippen molar-refractivity contribution in [1.29, 1.82) is 0 Å². The molecule has 230 valence electrons. The lowest BCUT2D eigenvalue weighted by molar-refractivity contribution is -0.141. The largest absolute Gasteiger partial charge is 0.492 e. The molecule has 0 bridgehead atoms. The van der Waals surface area contributed by atoms with Gasteiger partial charge in [0, 0.05) is 35.9 Å². The van der Waals surface area contributed by atoms with Gasteiger partial charge in [-0.1, -0.05) is 84.9 Å². The third kappa shape index (κ3) is 9.16. The molecular formula is C38H38N2O5. The molecule has 1 fully saturated rings. The van der Waals surface area contributed by atoms with E-state index in [-0.39, 0.29) is 11.7 Å². The van der Waals surface area contributed by atoms with Crippen molar-refractivity contribution in [1.82, 2.24) is 4.90 Å². The van der Waals surface area contributed by atoms with E-state index in [2.05, 4.69) is 5.32 Å². The second-order valence-corrected chi connectivity index (χ2v) is 11.1. The summed E-state index contributed by atoms with van der Waals surface area (Å²) >= 11 is 0. The number of carbonyl (C=O) groups excluding carboxylic acids is 3. The van der Waals surface area contributed by atoms with Crippen LogP contribution in [0.1, 0.15) is 39.9 Å². The molecule has 1 aliphatic rings. The molecule has 1 atom stereocenters. The van der Waals surface area contributed by atoms with E-state index in [1.54, 1.807) is 36.4 Å². The Kier molecular flexibility index (Phi) is 10.8. The number of para-hydroxylation sites is 1. The maximum atomic E-state index is 13.2. The van der Waals surface area contributed by atoms with Crippen LogP contribution in [-0.2, 0) is 20.7 Å². The fraction of sp³-hybridized carbons (Fsp3) is 0.237. The Morgan fingerprint density at radius 1 is 0.867 bits per heavy atom. The van der Waals surface area contributed by atoms with Crippen LogP contribution in [0.5, 0.6) is 5.75 Å². The minimum absolute atomic E-state index is 0.0157. The SMILES string of the molecule is COC(=O)[C@H](Cc1ccc(OCCN(CC2CC2)C(=O)/C=C/c2ccccc2)cc1)Nc1ccccc1C(=O)c1ccccc1. The number of rotatable bonds is 15. The molecule has 0 radical (unpaired) electrons. The van der Waals surface area contributed by atoms with Crippen LogP contribution >= 0.6 is 0 Å². The Bertz CT molecular complexity index is 1600. The average Bonchev–Trinajstić information content (AvgIpc) is 3.92. The van der Waals surface area contributed by atoms with Crippen LogP contribution in [0.25, 0.3) is 6.08 Å². The Labute approximate surface area is 264 Å². The molecule has 0 aliphatic heterocycles. The van der Waals surface area contributed by atoms with Gasteiger partial charge >= 0.3 is 5.97 Å². The average molecular weight is 603 g/mol.